The van der Waals surface area contributed by atoms with Gasteiger partial charge in [-0.15, -0.1) is 0 Å². The van der Waals surface area contributed by atoms with Gasteiger partial charge in [0.2, 0.25) is 0 Å². The summed E-state index contributed by atoms with van der Waals surface area (Å²) in [6, 6.07) is 4.72. The van der Waals surface area contributed by atoms with E-state index < -0.39 is 17.2 Å². The van der Waals surface area contributed by atoms with Crippen molar-refractivity contribution in [2.75, 3.05) is 18.6 Å². The molecule has 2 atom stereocenters. The van der Waals surface area contributed by atoms with E-state index in [1.807, 2.05) is 19.9 Å². The summed E-state index contributed by atoms with van der Waals surface area (Å²) in [5, 5.41) is 0. The third-order valence-electron chi connectivity index (χ3n) is 6.36. The minimum Gasteiger partial charge on any atom is -0.497 e. The van der Waals surface area contributed by atoms with Gasteiger partial charge in [-0.25, -0.2) is 0 Å². The first-order valence-corrected chi connectivity index (χ1v) is 9.83. The van der Waals surface area contributed by atoms with Crippen LogP contribution in [0.1, 0.15) is 62.9 Å². The highest BCUT2D eigenvalue weighted by Gasteiger charge is 2.47. The third kappa shape index (κ3) is 2.71. The predicted molar refractivity (Wildman–Crippen MR) is 106 cm³/mol. The topological polar surface area (TPSA) is 49.9 Å². The Balaban J connectivity index is 1.84. The Labute approximate surface area is 161 Å². The molecule has 5 heteroatoms. The number of ether oxygens (including phenoxy) is 1. The minimum absolute atomic E-state index is 0.437. The molecule has 3 heterocycles. The Kier molecular flexibility index (Phi) is 4.18. The quantitative estimate of drug-likeness (QED) is 0.764. The number of anilines is 1. The van der Waals surface area contributed by atoms with Gasteiger partial charge < -0.3 is 4.74 Å². The zero-order chi connectivity index (χ0) is 19.5. The molecule has 0 spiro atoms. The van der Waals surface area contributed by atoms with Gasteiger partial charge in [-0.2, -0.15) is 0 Å². The summed E-state index contributed by atoms with van der Waals surface area (Å²) >= 11 is 0. The molecule has 144 valence electrons. The first kappa shape index (κ1) is 18.2. The van der Waals surface area contributed by atoms with Crippen molar-refractivity contribution in [2.45, 2.75) is 64.6 Å². The van der Waals surface area contributed by atoms with Gasteiger partial charge in [-0.3, -0.25) is 19.4 Å². The molecule has 0 saturated carbocycles. The number of hydrogen-bond donors (Lipinski definition) is 0. The Morgan fingerprint density at radius 3 is 2.37 bits per heavy atom. The zero-order valence-corrected chi connectivity index (χ0v) is 16.8. The van der Waals surface area contributed by atoms with Crippen molar-refractivity contribution < 1.29 is 14.3 Å². The summed E-state index contributed by atoms with van der Waals surface area (Å²) in [5.74, 6) is -0.260. The Hall–Kier alpha value is -2.14. The Morgan fingerprint density at radius 2 is 1.74 bits per heavy atom. The van der Waals surface area contributed by atoms with Crippen molar-refractivity contribution in [3.8, 4) is 5.75 Å². The standard InChI is InChI=1S/C22H28N2O3/c1-13-7-6-8-14(2)23(13)12-15-11-22(3,4)24-19-17(15)9-16(27-5)10-18(19)20(25)21(24)26/h9-11,13-14H,6-8,12H2,1-5H3/t13-,14-/m1/s1. The fourth-order valence-electron chi connectivity index (χ4n) is 4.94. The van der Waals surface area contributed by atoms with Crippen LogP contribution in [0.4, 0.5) is 5.69 Å². The number of piperidine rings is 1. The number of likely N-dealkylation sites (tertiary alicyclic amines) is 1. The molecule has 1 aromatic carbocycles. The molecule has 3 aliphatic rings. The number of carbonyl (C=O) groups excluding carboxylic acids is 2. The fourth-order valence-corrected chi connectivity index (χ4v) is 4.94. The molecule has 0 aliphatic carbocycles. The van der Waals surface area contributed by atoms with Crippen LogP contribution in [0.5, 0.6) is 5.75 Å². The van der Waals surface area contributed by atoms with Gasteiger partial charge in [0.05, 0.1) is 23.9 Å². The molecular weight excluding hydrogens is 340 g/mol. The van der Waals surface area contributed by atoms with E-state index in [4.69, 9.17) is 4.74 Å². The van der Waals surface area contributed by atoms with Gasteiger partial charge in [-0.1, -0.05) is 12.5 Å². The number of rotatable bonds is 3. The van der Waals surface area contributed by atoms with E-state index in [1.54, 1.807) is 18.1 Å². The van der Waals surface area contributed by atoms with Crippen molar-refractivity contribution in [2.24, 2.45) is 0 Å². The van der Waals surface area contributed by atoms with Crippen molar-refractivity contribution in [3.63, 3.8) is 0 Å². The van der Waals surface area contributed by atoms with E-state index in [-0.39, 0.29) is 0 Å². The SMILES string of the molecule is COc1cc2c3c(c1)C(CN1[C@H](C)CCC[C@H]1C)=CC(C)(C)N3C(=O)C2=O. The molecule has 27 heavy (non-hydrogen) atoms. The van der Waals surface area contributed by atoms with Gasteiger partial charge in [0, 0.05) is 24.2 Å². The largest absolute Gasteiger partial charge is 0.497 e. The number of carbonyl (C=O) groups is 2. The molecule has 1 amide bonds. The monoisotopic (exact) mass is 368 g/mol. The minimum atomic E-state index is -0.531. The summed E-state index contributed by atoms with van der Waals surface area (Å²) in [6.45, 7) is 9.41. The summed E-state index contributed by atoms with van der Waals surface area (Å²) < 4.78 is 5.43. The van der Waals surface area contributed by atoms with Crippen LogP contribution in [0.2, 0.25) is 0 Å². The van der Waals surface area contributed by atoms with Crippen LogP contribution in [-0.4, -0.2) is 47.9 Å². The lowest BCUT2D eigenvalue weighted by Crippen LogP contribution is -2.49. The first-order chi connectivity index (χ1) is 12.7. The van der Waals surface area contributed by atoms with Crippen LogP contribution in [0, 0.1) is 0 Å². The second-order valence-electron chi connectivity index (χ2n) is 8.67. The predicted octanol–water partition coefficient (Wildman–Crippen LogP) is 3.66. The molecule has 3 aliphatic heterocycles. The van der Waals surface area contributed by atoms with Crippen LogP contribution < -0.4 is 9.64 Å². The molecule has 4 rings (SSSR count). The maximum atomic E-state index is 12.7. The van der Waals surface area contributed by atoms with Crippen molar-refractivity contribution in [3.05, 3.63) is 29.3 Å². The van der Waals surface area contributed by atoms with Crippen molar-refractivity contribution in [1.82, 2.24) is 4.90 Å². The highest BCUT2D eigenvalue weighted by Crippen LogP contribution is 2.47. The lowest BCUT2D eigenvalue weighted by atomic mass is 9.86. The van der Waals surface area contributed by atoms with Gasteiger partial charge in [-0.05, 0) is 58.2 Å². The Bertz CT molecular complexity index is 845. The van der Waals surface area contributed by atoms with Crippen LogP contribution >= 0.6 is 0 Å². The van der Waals surface area contributed by atoms with Gasteiger partial charge in [0.1, 0.15) is 5.75 Å². The first-order valence-electron chi connectivity index (χ1n) is 9.83. The van der Waals surface area contributed by atoms with Gasteiger partial charge in [0.25, 0.3) is 11.7 Å². The molecule has 1 aromatic rings. The van der Waals surface area contributed by atoms with Crippen LogP contribution in [0.15, 0.2) is 18.2 Å². The highest BCUT2D eigenvalue weighted by atomic mass is 16.5. The van der Waals surface area contributed by atoms with Crippen LogP contribution in [0.3, 0.4) is 0 Å². The average molecular weight is 368 g/mol. The van der Waals surface area contributed by atoms with Crippen LogP contribution in [-0.2, 0) is 4.79 Å². The molecule has 0 bridgehead atoms. The average Bonchev–Trinajstić information content (AvgIpc) is 2.88. The smallest absolute Gasteiger partial charge is 0.300 e. The number of hydrogen-bond acceptors (Lipinski definition) is 4. The summed E-state index contributed by atoms with van der Waals surface area (Å²) in [5.41, 5.74) is 2.82. The molecule has 5 nitrogen and oxygen atoms in total. The maximum Gasteiger partial charge on any atom is 0.300 e. The third-order valence-corrected chi connectivity index (χ3v) is 6.36. The molecule has 0 radical (unpaired) electrons. The zero-order valence-electron chi connectivity index (χ0n) is 16.8. The normalized spacial score (nSPS) is 26.9. The second kappa shape index (κ2) is 6.20. The van der Waals surface area contributed by atoms with Gasteiger partial charge >= 0.3 is 0 Å². The summed E-state index contributed by atoms with van der Waals surface area (Å²) in [6.07, 6.45) is 5.85. The lowest BCUT2D eigenvalue weighted by Gasteiger charge is -2.43. The number of Topliss-reactive ketones (excluding diaryl/α,β-unsaturated/α-hetero) is 1. The number of methoxy groups -OCH3 is 1. The second-order valence-corrected chi connectivity index (χ2v) is 8.67. The maximum absolute atomic E-state index is 12.7. The lowest BCUT2D eigenvalue weighted by molar-refractivity contribution is -0.115. The molecule has 0 unspecified atom stereocenters. The number of ketones is 1. The van der Waals surface area contributed by atoms with E-state index >= 15 is 0 Å². The summed E-state index contributed by atoms with van der Waals surface area (Å²) in [4.78, 5) is 29.5. The van der Waals surface area contributed by atoms with E-state index in [0.29, 0.717) is 23.4 Å². The molecule has 1 saturated heterocycles. The number of amides is 1. The Morgan fingerprint density at radius 1 is 1.11 bits per heavy atom. The molecular formula is C22H28N2O3. The highest BCUT2D eigenvalue weighted by molar-refractivity contribution is 6.53. The van der Waals surface area contributed by atoms with Gasteiger partial charge in [0.15, 0.2) is 0 Å². The van der Waals surface area contributed by atoms with E-state index in [9.17, 15) is 9.59 Å². The molecule has 0 N–H and O–H groups in total. The van der Waals surface area contributed by atoms with Crippen molar-refractivity contribution in [1.29, 1.82) is 0 Å². The van der Waals surface area contributed by atoms with E-state index in [1.165, 1.54) is 24.8 Å². The van der Waals surface area contributed by atoms with E-state index in [2.05, 4.69) is 24.8 Å². The van der Waals surface area contributed by atoms with Crippen molar-refractivity contribution >= 4 is 23.0 Å². The van der Waals surface area contributed by atoms with E-state index in [0.717, 1.165) is 17.8 Å². The number of benzene rings is 1. The fraction of sp³-hybridized carbons (Fsp3) is 0.545. The summed E-state index contributed by atoms with van der Waals surface area (Å²) in [7, 11) is 1.60. The van der Waals surface area contributed by atoms with Crippen LogP contribution in [0.25, 0.3) is 5.57 Å². The molecule has 1 fully saturated rings. The molecule has 0 aromatic heterocycles. The number of nitrogens with zero attached hydrogens (tertiary/aromatic N) is 2.